The molecule has 2 rings (SSSR count). The number of rotatable bonds is 3. The molecule has 18 heavy (non-hydrogen) atoms. The van der Waals surface area contributed by atoms with E-state index in [-0.39, 0.29) is 24.5 Å². The quantitative estimate of drug-likeness (QED) is 0.800. The summed E-state index contributed by atoms with van der Waals surface area (Å²) in [6.07, 6.45) is 4.71. The minimum atomic E-state index is -0.0410. The van der Waals surface area contributed by atoms with Crippen molar-refractivity contribution in [3.05, 3.63) is 47.0 Å². The maximum atomic E-state index is 12.1. The number of carbonyl (C=O) groups excluding carboxylic acids is 1. The fourth-order valence-electron chi connectivity index (χ4n) is 2.33. The van der Waals surface area contributed by atoms with E-state index in [2.05, 4.69) is 5.32 Å². The fraction of sp³-hybridized carbons (Fsp3) is 0.400. The number of amides is 1. The zero-order valence-corrected chi connectivity index (χ0v) is 10.8. The van der Waals surface area contributed by atoms with Gasteiger partial charge in [0, 0.05) is 24.1 Å². The summed E-state index contributed by atoms with van der Waals surface area (Å²) in [5.74, 6) is 0.134. The van der Waals surface area contributed by atoms with E-state index in [1.54, 1.807) is 0 Å². The highest BCUT2D eigenvalue weighted by Gasteiger charge is 2.20. The van der Waals surface area contributed by atoms with Gasteiger partial charge in [-0.2, -0.15) is 0 Å². The number of nitrogens with one attached hydrogen (secondary N) is 1. The van der Waals surface area contributed by atoms with Crippen LogP contribution in [-0.2, 0) is 0 Å². The minimum Gasteiger partial charge on any atom is -0.396 e. The maximum Gasteiger partial charge on any atom is 0.252 e. The molecular formula is C15H19NO2. The Balaban J connectivity index is 2.02. The van der Waals surface area contributed by atoms with Gasteiger partial charge < -0.3 is 10.4 Å². The molecule has 1 aliphatic carbocycles. The third kappa shape index (κ3) is 2.79. The second kappa shape index (κ2) is 5.36. The minimum absolute atomic E-state index is 0.0374. The predicted molar refractivity (Wildman–Crippen MR) is 71.5 cm³/mol. The SMILES string of the molecule is Cc1ccc(C(=O)N[C@@H]2C=C[C@H](CO)C2)c(C)c1. The lowest BCUT2D eigenvalue weighted by atomic mass is 10.0. The molecule has 3 nitrogen and oxygen atoms in total. The van der Waals surface area contributed by atoms with E-state index in [1.807, 2.05) is 44.2 Å². The second-order valence-electron chi connectivity index (χ2n) is 4.96. The summed E-state index contributed by atoms with van der Waals surface area (Å²) in [5.41, 5.74) is 2.87. The molecule has 3 heteroatoms. The smallest absolute Gasteiger partial charge is 0.252 e. The van der Waals surface area contributed by atoms with Crippen molar-refractivity contribution >= 4 is 5.91 Å². The van der Waals surface area contributed by atoms with Gasteiger partial charge in [-0.1, -0.05) is 29.8 Å². The summed E-state index contributed by atoms with van der Waals surface area (Å²) in [4.78, 5) is 12.1. The zero-order valence-electron chi connectivity index (χ0n) is 10.8. The van der Waals surface area contributed by atoms with Crippen molar-refractivity contribution in [2.45, 2.75) is 26.3 Å². The van der Waals surface area contributed by atoms with E-state index in [1.165, 1.54) is 0 Å². The number of aliphatic hydroxyl groups is 1. The maximum absolute atomic E-state index is 12.1. The Hall–Kier alpha value is -1.61. The van der Waals surface area contributed by atoms with Crippen molar-refractivity contribution in [2.24, 2.45) is 5.92 Å². The van der Waals surface area contributed by atoms with Crippen LogP contribution in [0.2, 0.25) is 0 Å². The van der Waals surface area contributed by atoms with Crippen molar-refractivity contribution < 1.29 is 9.90 Å². The fourth-order valence-corrected chi connectivity index (χ4v) is 2.33. The van der Waals surface area contributed by atoms with Crippen LogP contribution in [0, 0.1) is 19.8 Å². The Morgan fingerprint density at radius 3 is 2.78 bits per heavy atom. The first-order chi connectivity index (χ1) is 8.60. The van der Waals surface area contributed by atoms with Gasteiger partial charge >= 0.3 is 0 Å². The van der Waals surface area contributed by atoms with E-state index in [0.717, 1.165) is 23.1 Å². The normalized spacial score (nSPS) is 22.2. The monoisotopic (exact) mass is 245 g/mol. The van der Waals surface area contributed by atoms with Crippen LogP contribution in [0.15, 0.2) is 30.4 Å². The third-order valence-corrected chi connectivity index (χ3v) is 3.35. The van der Waals surface area contributed by atoms with E-state index in [4.69, 9.17) is 5.11 Å². The highest BCUT2D eigenvalue weighted by atomic mass is 16.3. The molecular weight excluding hydrogens is 226 g/mol. The number of aliphatic hydroxyl groups excluding tert-OH is 1. The van der Waals surface area contributed by atoms with Gasteiger partial charge in [-0.05, 0) is 31.9 Å². The molecule has 0 saturated carbocycles. The zero-order chi connectivity index (χ0) is 13.1. The Kier molecular flexibility index (Phi) is 3.82. The standard InChI is InChI=1S/C15H19NO2/c1-10-3-6-14(11(2)7-10)15(18)16-13-5-4-12(8-13)9-17/h3-7,12-13,17H,8-9H2,1-2H3,(H,16,18)/t12-,13+/m0/s1. The summed E-state index contributed by atoms with van der Waals surface area (Å²) in [7, 11) is 0. The van der Waals surface area contributed by atoms with E-state index in [9.17, 15) is 4.79 Å². The van der Waals surface area contributed by atoms with Crippen LogP contribution in [0.4, 0.5) is 0 Å². The average Bonchev–Trinajstić information content (AvgIpc) is 2.76. The van der Waals surface area contributed by atoms with Crippen LogP contribution in [0.3, 0.4) is 0 Å². The van der Waals surface area contributed by atoms with Gasteiger partial charge in [-0.25, -0.2) is 0 Å². The number of hydrogen-bond donors (Lipinski definition) is 2. The summed E-state index contributed by atoms with van der Waals surface area (Å²) in [6, 6.07) is 5.86. The summed E-state index contributed by atoms with van der Waals surface area (Å²) >= 11 is 0. The Morgan fingerprint density at radius 1 is 1.39 bits per heavy atom. The molecule has 1 aromatic carbocycles. The number of aryl methyl sites for hydroxylation is 2. The lowest BCUT2D eigenvalue weighted by Gasteiger charge is -2.14. The Morgan fingerprint density at radius 2 is 2.17 bits per heavy atom. The molecule has 0 unspecified atom stereocenters. The van der Waals surface area contributed by atoms with Crippen molar-refractivity contribution in [1.82, 2.24) is 5.32 Å². The first-order valence-corrected chi connectivity index (χ1v) is 6.27. The molecule has 1 aromatic rings. The largest absolute Gasteiger partial charge is 0.396 e. The second-order valence-corrected chi connectivity index (χ2v) is 4.96. The molecule has 1 amide bonds. The van der Waals surface area contributed by atoms with Gasteiger partial charge in [-0.3, -0.25) is 4.79 Å². The highest BCUT2D eigenvalue weighted by molar-refractivity contribution is 5.96. The van der Waals surface area contributed by atoms with Gasteiger partial charge in [0.25, 0.3) is 5.91 Å². The molecule has 0 saturated heterocycles. The predicted octanol–water partition coefficient (Wildman–Crippen LogP) is 1.97. The molecule has 2 N–H and O–H groups in total. The molecule has 96 valence electrons. The van der Waals surface area contributed by atoms with Crippen LogP contribution in [0.1, 0.15) is 27.9 Å². The molecule has 0 aliphatic heterocycles. The van der Waals surface area contributed by atoms with Crippen molar-refractivity contribution in [3.8, 4) is 0 Å². The molecule has 0 fully saturated rings. The van der Waals surface area contributed by atoms with Gasteiger partial charge in [0.1, 0.15) is 0 Å². The lowest BCUT2D eigenvalue weighted by molar-refractivity contribution is 0.0940. The van der Waals surface area contributed by atoms with Crippen molar-refractivity contribution in [1.29, 1.82) is 0 Å². The number of carbonyl (C=O) groups is 1. The van der Waals surface area contributed by atoms with Gasteiger partial charge in [-0.15, -0.1) is 0 Å². The number of hydrogen-bond acceptors (Lipinski definition) is 2. The molecule has 1 aliphatic rings. The van der Waals surface area contributed by atoms with Crippen LogP contribution in [0.5, 0.6) is 0 Å². The molecule has 0 radical (unpaired) electrons. The van der Waals surface area contributed by atoms with Crippen molar-refractivity contribution in [3.63, 3.8) is 0 Å². The molecule has 0 spiro atoms. The summed E-state index contributed by atoms with van der Waals surface area (Å²) < 4.78 is 0. The highest BCUT2D eigenvalue weighted by Crippen LogP contribution is 2.18. The third-order valence-electron chi connectivity index (χ3n) is 3.35. The topological polar surface area (TPSA) is 49.3 Å². The number of benzene rings is 1. The van der Waals surface area contributed by atoms with Gasteiger partial charge in [0.2, 0.25) is 0 Å². The van der Waals surface area contributed by atoms with Crippen LogP contribution < -0.4 is 5.32 Å². The molecule has 2 atom stereocenters. The summed E-state index contributed by atoms with van der Waals surface area (Å²) in [6.45, 7) is 4.11. The van der Waals surface area contributed by atoms with E-state index >= 15 is 0 Å². The molecule has 0 bridgehead atoms. The van der Waals surface area contributed by atoms with Crippen molar-refractivity contribution in [2.75, 3.05) is 6.61 Å². The molecule has 0 aromatic heterocycles. The Labute approximate surface area is 108 Å². The Bertz CT molecular complexity index is 479. The lowest BCUT2D eigenvalue weighted by Crippen LogP contribution is -2.33. The van der Waals surface area contributed by atoms with Gasteiger partial charge in [0.05, 0.1) is 0 Å². The average molecular weight is 245 g/mol. The first-order valence-electron chi connectivity index (χ1n) is 6.27. The van der Waals surface area contributed by atoms with Crippen LogP contribution >= 0.6 is 0 Å². The molecule has 0 heterocycles. The van der Waals surface area contributed by atoms with Gasteiger partial charge in [0.15, 0.2) is 0 Å². The van der Waals surface area contributed by atoms with Crippen LogP contribution in [0.25, 0.3) is 0 Å². The first kappa shape index (κ1) is 12.8. The van der Waals surface area contributed by atoms with E-state index < -0.39 is 0 Å². The van der Waals surface area contributed by atoms with E-state index in [0.29, 0.717) is 0 Å². The van der Waals surface area contributed by atoms with Crippen LogP contribution in [-0.4, -0.2) is 23.7 Å². The summed E-state index contributed by atoms with van der Waals surface area (Å²) in [5, 5.41) is 12.0.